The van der Waals surface area contributed by atoms with E-state index in [1.54, 1.807) is 32.4 Å². The first-order valence-electron chi connectivity index (χ1n) is 7.11. The quantitative estimate of drug-likeness (QED) is 0.833. The molecule has 1 aliphatic carbocycles. The van der Waals surface area contributed by atoms with Crippen molar-refractivity contribution in [3.8, 4) is 11.5 Å². The number of ketones is 1. The van der Waals surface area contributed by atoms with E-state index in [4.69, 9.17) is 14.2 Å². The van der Waals surface area contributed by atoms with Gasteiger partial charge in [0.15, 0.2) is 5.78 Å². The summed E-state index contributed by atoms with van der Waals surface area (Å²) in [4.78, 5) is 12.4. The van der Waals surface area contributed by atoms with Crippen LogP contribution in [-0.4, -0.2) is 31.7 Å². The average Bonchev–Trinajstić information content (AvgIpc) is 2.47. The number of hydrogen-bond donors (Lipinski definition) is 0. The van der Waals surface area contributed by atoms with Crippen molar-refractivity contribution in [3.05, 3.63) is 23.8 Å². The van der Waals surface area contributed by atoms with Crippen molar-refractivity contribution >= 4 is 5.78 Å². The molecule has 0 amide bonds. The maximum absolute atomic E-state index is 12.4. The second-order valence-corrected chi connectivity index (χ2v) is 5.60. The molecule has 2 atom stereocenters. The largest absolute Gasteiger partial charge is 0.497 e. The zero-order chi connectivity index (χ0) is 14.2. The van der Waals surface area contributed by atoms with Crippen molar-refractivity contribution in [3.63, 3.8) is 0 Å². The first-order chi connectivity index (χ1) is 9.68. The van der Waals surface area contributed by atoms with E-state index in [1.807, 2.05) is 0 Å². The molecule has 0 N–H and O–H groups in total. The number of carbonyl (C=O) groups excluding carboxylic acids is 1. The Morgan fingerprint density at radius 2 is 2.15 bits per heavy atom. The van der Waals surface area contributed by atoms with E-state index in [9.17, 15) is 4.79 Å². The van der Waals surface area contributed by atoms with Crippen molar-refractivity contribution in [1.29, 1.82) is 0 Å². The topological polar surface area (TPSA) is 44.8 Å². The zero-order valence-corrected chi connectivity index (χ0v) is 12.0. The lowest BCUT2D eigenvalue weighted by atomic mass is 9.76. The van der Waals surface area contributed by atoms with Gasteiger partial charge in [-0.1, -0.05) is 6.42 Å². The molecule has 1 fully saturated rings. The lowest BCUT2D eigenvalue weighted by molar-refractivity contribution is -0.102. The summed E-state index contributed by atoms with van der Waals surface area (Å²) < 4.78 is 17.1. The predicted octanol–water partition coefficient (Wildman–Crippen LogP) is 2.99. The first-order valence-corrected chi connectivity index (χ1v) is 7.11. The number of Topliss-reactive ketones (excluding diaryl/α,β-unsaturated/α-hetero) is 1. The molecule has 2 aliphatic rings. The molecule has 1 aromatic rings. The molecule has 0 aromatic heterocycles. The number of ether oxygens (including phenoxy) is 3. The summed E-state index contributed by atoms with van der Waals surface area (Å²) in [5.41, 5.74) is 0.153. The van der Waals surface area contributed by atoms with Crippen LogP contribution in [0.15, 0.2) is 18.2 Å². The van der Waals surface area contributed by atoms with Gasteiger partial charge in [0.2, 0.25) is 0 Å². The molecule has 1 aliphatic heterocycles. The van der Waals surface area contributed by atoms with Crippen LogP contribution in [0.4, 0.5) is 0 Å². The second-order valence-electron chi connectivity index (χ2n) is 5.60. The highest BCUT2D eigenvalue weighted by Gasteiger charge is 2.48. The van der Waals surface area contributed by atoms with Gasteiger partial charge in [0.25, 0.3) is 0 Å². The maximum Gasteiger partial charge on any atom is 0.170 e. The maximum atomic E-state index is 12.4. The lowest BCUT2D eigenvalue weighted by Gasteiger charge is -2.45. The fourth-order valence-corrected chi connectivity index (χ4v) is 3.40. The number of hydrogen-bond acceptors (Lipinski definition) is 4. The molecule has 1 heterocycles. The van der Waals surface area contributed by atoms with Gasteiger partial charge in [-0.05, 0) is 31.4 Å². The van der Waals surface area contributed by atoms with Gasteiger partial charge in [-0.15, -0.1) is 0 Å². The van der Waals surface area contributed by atoms with Gasteiger partial charge < -0.3 is 14.2 Å². The second kappa shape index (κ2) is 5.09. The molecule has 108 valence electrons. The van der Waals surface area contributed by atoms with Gasteiger partial charge in [-0.25, -0.2) is 0 Å². The average molecular weight is 276 g/mol. The Bertz CT molecular complexity index is 525. The molecule has 2 unspecified atom stereocenters. The summed E-state index contributed by atoms with van der Waals surface area (Å²) in [5.74, 6) is 1.47. The van der Waals surface area contributed by atoms with Crippen LogP contribution in [0, 0.1) is 0 Å². The molecule has 1 spiro atoms. The van der Waals surface area contributed by atoms with Crippen LogP contribution in [0.25, 0.3) is 0 Å². The van der Waals surface area contributed by atoms with Crippen LogP contribution in [0.2, 0.25) is 0 Å². The third-order valence-electron chi connectivity index (χ3n) is 4.45. The van der Waals surface area contributed by atoms with Crippen molar-refractivity contribution in [2.45, 2.75) is 43.8 Å². The molecule has 0 radical (unpaired) electrons. The van der Waals surface area contributed by atoms with Crippen molar-refractivity contribution in [2.24, 2.45) is 0 Å². The Morgan fingerprint density at radius 3 is 2.90 bits per heavy atom. The van der Waals surface area contributed by atoms with Crippen LogP contribution >= 0.6 is 0 Å². The van der Waals surface area contributed by atoms with Gasteiger partial charge in [0.1, 0.15) is 17.1 Å². The van der Waals surface area contributed by atoms with Crippen LogP contribution in [0.1, 0.15) is 42.5 Å². The highest BCUT2D eigenvalue weighted by Crippen LogP contribution is 2.43. The number of methoxy groups -OCH3 is 2. The summed E-state index contributed by atoms with van der Waals surface area (Å²) >= 11 is 0. The fraction of sp³-hybridized carbons (Fsp3) is 0.562. The lowest BCUT2D eigenvalue weighted by Crippen LogP contribution is -2.54. The fourth-order valence-electron chi connectivity index (χ4n) is 3.40. The van der Waals surface area contributed by atoms with E-state index in [2.05, 4.69) is 0 Å². The molecule has 0 bridgehead atoms. The molecule has 1 aromatic carbocycles. The highest BCUT2D eigenvalue weighted by atomic mass is 16.5. The van der Waals surface area contributed by atoms with E-state index >= 15 is 0 Å². The molecule has 0 saturated heterocycles. The summed E-state index contributed by atoms with van der Waals surface area (Å²) in [5, 5.41) is 0. The first kappa shape index (κ1) is 13.4. The Labute approximate surface area is 119 Å². The van der Waals surface area contributed by atoms with E-state index in [0.29, 0.717) is 23.5 Å². The van der Waals surface area contributed by atoms with Gasteiger partial charge >= 0.3 is 0 Å². The molecular formula is C16H20O4. The minimum Gasteiger partial charge on any atom is -0.497 e. The van der Waals surface area contributed by atoms with Crippen LogP contribution < -0.4 is 9.47 Å². The molecule has 1 saturated carbocycles. The van der Waals surface area contributed by atoms with Crippen LogP contribution in [0.5, 0.6) is 11.5 Å². The van der Waals surface area contributed by atoms with E-state index < -0.39 is 5.60 Å². The highest BCUT2D eigenvalue weighted by molar-refractivity contribution is 6.00. The SMILES string of the molecule is COc1ccc2c(c1)OC1(CCCCC1OC)CC2=O. The molecule has 4 heteroatoms. The summed E-state index contributed by atoms with van der Waals surface area (Å²) in [6.07, 6.45) is 4.41. The number of fused-ring (bicyclic) bond motifs is 1. The Hall–Kier alpha value is -1.55. The normalized spacial score (nSPS) is 28.9. The number of carbonyl (C=O) groups is 1. The Morgan fingerprint density at radius 1 is 1.30 bits per heavy atom. The van der Waals surface area contributed by atoms with Gasteiger partial charge in [-0.3, -0.25) is 4.79 Å². The van der Waals surface area contributed by atoms with E-state index in [0.717, 1.165) is 25.7 Å². The monoisotopic (exact) mass is 276 g/mol. The van der Waals surface area contributed by atoms with Crippen LogP contribution in [-0.2, 0) is 4.74 Å². The summed E-state index contributed by atoms with van der Waals surface area (Å²) in [6, 6.07) is 5.39. The van der Waals surface area contributed by atoms with Gasteiger partial charge in [0.05, 0.1) is 25.2 Å². The van der Waals surface area contributed by atoms with Gasteiger partial charge in [-0.2, -0.15) is 0 Å². The minimum atomic E-state index is -0.497. The number of benzene rings is 1. The third-order valence-corrected chi connectivity index (χ3v) is 4.45. The van der Waals surface area contributed by atoms with Crippen LogP contribution in [0.3, 0.4) is 0 Å². The van der Waals surface area contributed by atoms with E-state index in [-0.39, 0.29) is 11.9 Å². The summed E-state index contributed by atoms with van der Waals surface area (Å²) in [7, 11) is 3.31. The molecule has 4 nitrogen and oxygen atoms in total. The molecule has 3 rings (SSSR count). The van der Waals surface area contributed by atoms with Gasteiger partial charge in [0, 0.05) is 13.2 Å². The minimum absolute atomic E-state index is 0.0143. The Balaban J connectivity index is 1.99. The predicted molar refractivity (Wildman–Crippen MR) is 74.6 cm³/mol. The smallest absolute Gasteiger partial charge is 0.170 e. The third kappa shape index (κ3) is 2.08. The van der Waals surface area contributed by atoms with Crippen molar-refractivity contribution in [2.75, 3.05) is 14.2 Å². The van der Waals surface area contributed by atoms with E-state index in [1.165, 1.54) is 0 Å². The van der Waals surface area contributed by atoms with Crippen molar-refractivity contribution in [1.82, 2.24) is 0 Å². The summed E-state index contributed by atoms with van der Waals surface area (Å²) in [6.45, 7) is 0. The standard InChI is InChI=1S/C16H20O4/c1-18-11-6-7-12-13(17)10-16(20-14(12)9-11)8-4-3-5-15(16)19-2/h6-7,9,15H,3-5,8,10H2,1-2H3. The number of rotatable bonds is 2. The molecule has 20 heavy (non-hydrogen) atoms. The zero-order valence-electron chi connectivity index (χ0n) is 12.0. The van der Waals surface area contributed by atoms with Crippen molar-refractivity contribution < 1.29 is 19.0 Å². The Kier molecular flexibility index (Phi) is 3.42. The molecular weight excluding hydrogens is 256 g/mol.